The molecule has 0 radical (unpaired) electrons. The summed E-state index contributed by atoms with van der Waals surface area (Å²) in [6.45, 7) is 2.13. The Labute approximate surface area is 106 Å². The molecule has 0 amide bonds. The number of thioether (sulfide) groups is 1. The lowest BCUT2D eigenvalue weighted by atomic mass is 10.1. The van der Waals surface area contributed by atoms with Crippen molar-refractivity contribution in [2.24, 2.45) is 5.41 Å². The van der Waals surface area contributed by atoms with Crippen molar-refractivity contribution in [3.8, 4) is 0 Å². The summed E-state index contributed by atoms with van der Waals surface area (Å²) in [4.78, 5) is 10.7. The Hall–Kier alpha value is -0.960. The fourth-order valence-electron chi connectivity index (χ4n) is 2.02. The summed E-state index contributed by atoms with van der Waals surface area (Å²) >= 11 is 1.87. The van der Waals surface area contributed by atoms with Gasteiger partial charge in [-0.2, -0.15) is 11.8 Å². The van der Waals surface area contributed by atoms with Gasteiger partial charge in [0.15, 0.2) is 0 Å². The lowest BCUT2D eigenvalue weighted by Gasteiger charge is -2.12. The predicted octanol–water partition coefficient (Wildman–Crippen LogP) is 3.48. The maximum atomic E-state index is 10.7. The minimum absolute atomic E-state index is 0.110. The van der Waals surface area contributed by atoms with Gasteiger partial charge < -0.3 is 5.11 Å². The summed E-state index contributed by atoms with van der Waals surface area (Å²) in [5.74, 6) is 1.32. The molecule has 1 aliphatic rings. The molecular weight excluding hydrogens is 232 g/mol. The summed E-state index contributed by atoms with van der Waals surface area (Å²) in [7, 11) is 0. The van der Waals surface area contributed by atoms with Crippen LogP contribution in [0.1, 0.15) is 30.4 Å². The van der Waals surface area contributed by atoms with Gasteiger partial charge in [0.1, 0.15) is 0 Å². The Morgan fingerprint density at radius 3 is 2.71 bits per heavy atom. The van der Waals surface area contributed by atoms with Crippen molar-refractivity contribution in [1.29, 1.82) is 0 Å². The monoisotopic (exact) mass is 250 g/mol. The molecule has 0 unspecified atom stereocenters. The number of hydrogen-bond acceptors (Lipinski definition) is 2. The predicted molar refractivity (Wildman–Crippen MR) is 71.3 cm³/mol. The quantitative estimate of drug-likeness (QED) is 0.839. The first-order valence-corrected chi connectivity index (χ1v) is 7.11. The summed E-state index contributed by atoms with van der Waals surface area (Å²) in [6.07, 6.45) is 2.51. The third kappa shape index (κ3) is 3.50. The van der Waals surface area contributed by atoms with E-state index in [0.717, 1.165) is 24.3 Å². The van der Waals surface area contributed by atoms with Crippen molar-refractivity contribution in [1.82, 2.24) is 0 Å². The largest absolute Gasteiger partial charge is 0.481 e. The third-order valence-corrected chi connectivity index (χ3v) is 4.74. The van der Waals surface area contributed by atoms with Gasteiger partial charge in [0, 0.05) is 5.75 Å². The lowest BCUT2D eigenvalue weighted by Crippen LogP contribution is -2.11. The molecule has 0 spiro atoms. The van der Waals surface area contributed by atoms with Crippen molar-refractivity contribution in [2.45, 2.75) is 31.9 Å². The van der Waals surface area contributed by atoms with Gasteiger partial charge in [0.05, 0.1) is 6.42 Å². The number of hydrogen-bond donors (Lipinski definition) is 1. The Morgan fingerprint density at radius 2 is 2.12 bits per heavy atom. The van der Waals surface area contributed by atoms with Crippen LogP contribution in [0.5, 0.6) is 0 Å². The van der Waals surface area contributed by atoms with Crippen LogP contribution in [-0.4, -0.2) is 16.8 Å². The molecule has 0 aliphatic heterocycles. The van der Waals surface area contributed by atoms with Gasteiger partial charge in [-0.15, -0.1) is 0 Å². The number of benzene rings is 1. The van der Waals surface area contributed by atoms with E-state index in [0.29, 0.717) is 6.42 Å². The molecule has 0 saturated heterocycles. The topological polar surface area (TPSA) is 37.3 Å². The molecule has 0 bridgehead atoms. The molecule has 1 aromatic rings. The standard InChI is InChI=1S/C14H18O2S/c1-11-4-2-3-5-12(11)9-17-10-14(6-7-14)8-13(15)16/h2-5H,6-10H2,1H3,(H,15,16). The summed E-state index contributed by atoms with van der Waals surface area (Å²) in [5.41, 5.74) is 2.80. The van der Waals surface area contributed by atoms with Crippen LogP contribution in [0.4, 0.5) is 0 Å². The normalized spacial score (nSPS) is 16.8. The Bertz CT molecular complexity index is 410. The third-order valence-electron chi connectivity index (χ3n) is 3.41. The minimum Gasteiger partial charge on any atom is -0.481 e. The molecule has 1 aromatic carbocycles. The number of rotatable bonds is 6. The molecule has 1 N–H and O–H groups in total. The summed E-state index contributed by atoms with van der Waals surface area (Å²) < 4.78 is 0. The lowest BCUT2D eigenvalue weighted by molar-refractivity contribution is -0.138. The number of aliphatic carboxylic acids is 1. The van der Waals surface area contributed by atoms with Crippen molar-refractivity contribution in [3.63, 3.8) is 0 Å². The van der Waals surface area contributed by atoms with E-state index in [1.165, 1.54) is 11.1 Å². The number of carboxylic acid groups (broad SMARTS) is 1. The Balaban J connectivity index is 1.80. The number of aryl methyl sites for hydroxylation is 1. The molecule has 17 heavy (non-hydrogen) atoms. The zero-order valence-electron chi connectivity index (χ0n) is 10.1. The SMILES string of the molecule is Cc1ccccc1CSCC1(CC(=O)O)CC1. The minimum atomic E-state index is -0.654. The average molecular weight is 250 g/mol. The number of carbonyl (C=O) groups is 1. The first-order valence-electron chi connectivity index (χ1n) is 5.95. The van der Waals surface area contributed by atoms with Gasteiger partial charge in [-0.1, -0.05) is 24.3 Å². The second-order valence-electron chi connectivity index (χ2n) is 4.99. The van der Waals surface area contributed by atoms with E-state index < -0.39 is 5.97 Å². The first-order chi connectivity index (χ1) is 8.11. The summed E-state index contributed by atoms with van der Waals surface area (Å²) in [5, 5.41) is 8.84. The molecule has 1 saturated carbocycles. The Kier molecular flexibility index (Phi) is 3.77. The molecule has 2 rings (SSSR count). The maximum Gasteiger partial charge on any atom is 0.303 e. The second kappa shape index (κ2) is 5.13. The van der Waals surface area contributed by atoms with Gasteiger partial charge >= 0.3 is 5.97 Å². The number of carboxylic acids is 1. The highest BCUT2D eigenvalue weighted by atomic mass is 32.2. The van der Waals surface area contributed by atoms with Gasteiger partial charge in [-0.3, -0.25) is 4.79 Å². The zero-order valence-corrected chi connectivity index (χ0v) is 10.9. The smallest absolute Gasteiger partial charge is 0.303 e. The highest BCUT2D eigenvalue weighted by molar-refractivity contribution is 7.98. The second-order valence-corrected chi connectivity index (χ2v) is 5.98. The van der Waals surface area contributed by atoms with Crippen LogP contribution in [0.3, 0.4) is 0 Å². The van der Waals surface area contributed by atoms with Crippen LogP contribution in [0.2, 0.25) is 0 Å². The van der Waals surface area contributed by atoms with E-state index in [1.54, 1.807) is 0 Å². The molecule has 0 heterocycles. The highest BCUT2D eigenvalue weighted by Crippen LogP contribution is 2.51. The molecule has 92 valence electrons. The van der Waals surface area contributed by atoms with Crippen LogP contribution >= 0.6 is 11.8 Å². The first kappa shape index (κ1) is 12.5. The van der Waals surface area contributed by atoms with Gasteiger partial charge in [-0.05, 0) is 42.1 Å². The maximum absolute atomic E-state index is 10.7. The Morgan fingerprint density at radius 1 is 1.41 bits per heavy atom. The van der Waals surface area contributed by atoms with Crippen LogP contribution < -0.4 is 0 Å². The van der Waals surface area contributed by atoms with Crippen LogP contribution in [-0.2, 0) is 10.5 Å². The van der Waals surface area contributed by atoms with Crippen LogP contribution in [0.25, 0.3) is 0 Å². The van der Waals surface area contributed by atoms with Crippen molar-refractivity contribution >= 4 is 17.7 Å². The molecule has 1 aliphatic carbocycles. The fraction of sp³-hybridized carbons (Fsp3) is 0.500. The van der Waals surface area contributed by atoms with Crippen molar-refractivity contribution < 1.29 is 9.90 Å². The molecule has 0 atom stereocenters. The molecule has 1 fully saturated rings. The van der Waals surface area contributed by atoms with E-state index in [1.807, 2.05) is 11.8 Å². The van der Waals surface area contributed by atoms with E-state index in [4.69, 9.17) is 5.11 Å². The molecule has 3 heteroatoms. The van der Waals surface area contributed by atoms with Gasteiger partial charge in [-0.25, -0.2) is 0 Å². The van der Waals surface area contributed by atoms with Gasteiger partial charge in [0.25, 0.3) is 0 Å². The van der Waals surface area contributed by atoms with E-state index in [2.05, 4.69) is 31.2 Å². The molecule has 0 aromatic heterocycles. The molecular formula is C14H18O2S. The van der Waals surface area contributed by atoms with Crippen molar-refractivity contribution in [2.75, 3.05) is 5.75 Å². The van der Waals surface area contributed by atoms with Crippen LogP contribution in [0, 0.1) is 12.3 Å². The van der Waals surface area contributed by atoms with E-state index in [9.17, 15) is 4.79 Å². The van der Waals surface area contributed by atoms with Crippen LogP contribution in [0.15, 0.2) is 24.3 Å². The fourth-order valence-corrected chi connectivity index (χ4v) is 3.49. The molecule has 2 nitrogen and oxygen atoms in total. The summed E-state index contributed by atoms with van der Waals surface area (Å²) in [6, 6.07) is 8.39. The van der Waals surface area contributed by atoms with E-state index in [-0.39, 0.29) is 5.41 Å². The highest BCUT2D eigenvalue weighted by Gasteiger charge is 2.43. The van der Waals surface area contributed by atoms with Gasteiger partial charge in [0.2, 0.25) is 0 Å². The van der Waals surface area contributed by atoms with E-state index >= 15 is 0 Å². The van der Waals surface area contributed by atoms with Crippen molar-refractivity contribution in [3.05, 3.63) is 35.4 Å². The average Bonchev–Trinajstić information content (AvgIpc) is 3.00. The zero-order chi connectivity index (χ0) is 12.3.